The number of nitrogens with zero attached hydrogens (tertiary/aromatic N) is 1. The fourth-order valence-corrected chi connectivity index (χ4v) is 1.22. The van der Waals surface area contributed by atoms with Gasteiger partial charge in [0.1, 0.15) is 0 Å². The molecular formula is C10H23N3O. The maximum atomic E-state index is 11.1. The Labute approximate surface area is 86.8 Å². The van der Waals surface area contributed by atoms with Crippen molar-refractivity contribution in [3.8, 4) is 0 Å². The van der Waals surface area contributed by atoms with E-state index in [-0.39, 0.29) is 5.91 Å². The minimum absolute atomic E-state index is 0.0652. The summed E-state index contributed by atoms with van der Waals surface area (Å²) < 4.78 is 0. The third-order valence-corrected chi connectivity index (χ3v) is 2.26. The molecule has 4 heteroatoms. The van der Waals surface area contributed by atoms with Gasteiger partial charge in [-0.25, -0.2) is 0 Å². The van der Waals surface area contributed by atoms with Crippen LogP contribution < -0.4 is 11.1 Å². The highest BCUT2D eigenvalue weighted by atomic mass is 16.2. The number of hydrogen-bond acceptors (Lipinski definition) is 3. The van der Waals surface area contributed by atoms with Gasteiger partial charge in [0, 0.05) is 6.54 Å². The predicted molar refractivity (Wildman–Crippen MR) is 59.1 cm³/mol. The summed E-state index contributed by atoms with van der Waals surface area (Å²) in [6, 6.07) is -0.400. The van der Waals surface area contributed by atoms with E-state index in [4.69, 9.17) is 5.73 Å². The smallest absolute Gasteiger partial charge is 0.236 e. The predicted octanol–water partition coefficient (Wildman–Crippen LogP) is 0.182. The molecule has 0 saturated carbocycles. The van der Waals surface area contributed by atoms with E-state index < -0.39 is 6.04 Å². The summed E-state index contributed by atoms with van der Waals surface area (Å²) in [4.78, 5) is 13.4. The molecule has 0 radical (unpaired) electrons. The van der Waals surface area contributed by atoms with Crippen molar-refractivity contribution in [2.75, 3.05) is 26.2 Å². The second-order valence-corrected chi connectivity index (χ2v) is 3.46. The number of hydrogen-bond donors (Lipinski definition) is 2. The van der Waals surface area contributed by atoms with E-state index >= 15 is 0 Å². The Kier molecular flexibility index (Phi) is 7.42. The summed E-state index contributed by atoms with van der Waals surface area (Å²) in [7, 11) is 0. The Bertz CT molecular complexity index is 155. The van der Waals surface area contributed by atoms with Crippen LogP contribution in [-0.4, -0.2) is 43.0 Å². The van der Waals surface area contributed by atoms with Crippen LogP contribution in [0, 0.1) is 0 Å². The maximum Gasteiger partial charge on any atom is 0.236 e. The van der Waals surface area contributed by atoms with Crippen molar-refractivity contribution in [1.29, 1.82) is 0 Å². The van der Waals surface area contributed by atoms with Crippen molar-refractivity contribution in [1.82, 2.24) is 10.2 Å². The van der Waals surface area contributed by atoms with E-state index in [1.807, 2.05) is 0 Å². The second-order valence-electron chi connectivity index (χ2n) is 3.46. The van der Waals surface area contributed by atoms with Crippen LogP contribution in [0.4, 0.5) is 0 Å². The molecule has 0 heterocycles. The Hall–Kier alpha value is -0.610. The first-order chi connectivity index (χ1) is 6.61. The van der Waals surface area contributed by atoms with Gasteiger partial charge in [0.25, 0.3) is 0 Å². The average molecular weight is 201 g/mol. The van der Waals surface area contributed by atoms with Crippen LogP contribution in [0.5, 0.6) is 0 Å². The highest BCUT2D eigenvalue weighted by Gasteiger charge is 2.05. The lowest BCUT2D eigenvalue weighted by Gasteiger charge is -2.17. The molecule has 0 saturated heterocycles. The first-order valence-corrected chi connectivity index (χ1v) is 5.37. The van der Waals surface area contributed by atoms with Crippen molar-refractivity contribution in [3.05, 3.63) is 0 Å². The van der Waals surface area contributed by atoms with Crippen LogP contribution in [0.15, 0.2) is 0 Å². The molecule has 0 aromatic heterocycles. The molecule has 14 heavy (non-hydrogen) atoms. The Morgan fingerprint density at radius 1 is 1.43 bits per heavy atom. The number of nitrogens with two attached hydrogens (primary N) is 1. The molecular weight excluding hydrogens is 178 g/mol. The molecule has 1 unspecified atom stereocenters. The van der Waals surface area contributed by atoms with E-state index in [0.29, 0.717) is 0 Å². The highest BCUT2D eigenvalue weighted by Crippen LogP contribution is 1.89. The molecule has 0 spiro atoms. The molecule has 0 aliphatic heterocycles. The largest absolute Gasteiger partial charge is 0.355 e. The fourth-order valence-electron chi connectivity index (χ4n) is 1.22. The molecule has 84 valence electrons. The van der Waals surface area contributed by atoms with Crippen molar-refractivity contribution in [2.24, 2.45) is 5.73 Å². The van der Waals surface area contributed by atoms with Gasteiger partial charge in [-0.1, -0.05) is 13.8 Å². The number of carbonyl (C=O) groups excluding carboxylic acids is 1. The van der Waals surface area contributed by atoms with E-state index in [9.17, 15) is 4.79 Å². The molecule has 0 aliphatic rings. The highest BCUT2D eigenvalue weighted by molar-refractivity contribution is 5.80. The van der Waals surface area contributed by atoms with Gasteiger partial charge in [0.15, 0.2) is 0 Å². The minimum atomic E-state index is -0.400. The van der Waals surface area contributed by atoms with Crippen LogP contribution in [-0.2, 0) is 4.79 Å². The number of rotatable bonds is 7. The summed E-state index contributed by atoms with van der Waals surface area (Å²) in [5.74, 6) is -0.0652. The molecule has 1 atom stereocenters. The first-order valence-electron chi connectivity index (χ1n) is 5.37. The summed E-state index contributed by atoms with van der Waals surface area (Å²) in [6.07, 6.45) is 0.986. The maximum absolute atomic E-state index is 11.1. The van der Waals surface area contributed by atoms with Gasteiger partial charge in [0.05, 0.1) is 6.04 Å². The zero-order valence-electron chi connectivity index (χ0n) is 9.55. The summed E-state index contributed by atoms with van der Waals surface area (Å²) >= 11 is 0. The van der Waals surface area contributed by atoms with Crippen molar-refractivity contribution >= 4 is 5.91 Å². The number of nitrogens with one attached hydrogen (secondary N) is 1. The van der Waals surface area contributed by atoms with Gasteiger partial charge < -0.3 is 16.0 Å². The lowest BCUT2D eigenvalue weighted by atomic mass is 10.3. The summed E-state index contributed by atoms with van der Waals surface area (Å²) in [6.45, 7) is 9.87. The SMILES string of the molecule is CCN(CC)CCCNC(=O)C(C)N. The summed E-state index contributed by atoms with van der Waals surface area (Å²) in [5, 5.41) is 2.80. The zero-order valence-corrected chi connectivity index (χ0v) is 9.55. The Morgan fingerprint density at radius 3 is 2.43 bits per heavy atom. The fraction of sp³-hybridized carbons (Fsp3) is 0.900. The summed E-state index contributed by atoms with van der Waals surface area (Å²) in [5.41, 5.74) is 5.41. The molecule has 0 aromatic carbocycles. The molecule has 1 amide bonds. The van der Waals surface area contributed by atoms with Crippen molar-refractivity contribution in [2.45, 2.75) is 33.2 Å². The third kappa shape index (κ3) is 5.94. The lowest BCUT2D eigenvalue weighted by molar-refractivity contribution is -0.121. The first kappa shape index (κ1) is 13.4. The van der Waals surface area contributed by atoms with E-state index in [2.05, 4.69) is 24.1 Å². The molecule has 4 nitrogen and oxygen atoms in total. The lowest BCUT2D eigenvalue weighted by Crippen LogP contribution is -2.39. The monoisotopic (exact) mass is 201 g/mol. The van der Waals surface area contributed by atoms with E-state index in [1.165, 1.54) is 0 Å². The second kappa shape index (κ2) is 7.76. The van der Waals surface area contributed by atoms with Crippen LogP contribution in [0.3, 0.4) is 0 Å². The van der Waals surface area contributed by atoms with Crippen LogP contribution >= 0.6 is 0 Å². The number of carbonyl (C=O) groups is 1. The minimum Gasteiger partial charge on any atom is -0.355 e. The molecule has 0 aromatic rings. The molecule has 0 aliphatic carbocycles. The van der Waals surface area contributed by atoms with Crippen molar-refractivity contribution in [3.63, 3.8) is 0 Å². The van der Waals surface area contributed by atoms with Gasteiger partial charge in [-0.15, -0.1) is 0 Å². The topological polar surface area (TPSA) is 58.4 Å². The van der Waals surface area contributed by atoms with Gasteiger partial charge in [-0.05, 0) is 33.0 Å². The zero-order chi connectivity index (χ0) is 11.0. The average Bonchev–Trinajstić information content (AvgIpc) is 2.17. The van der Waals surface area contributed by atoms with Crippen LogP contribution in [0.25, 0.3) is 0 Å². The molecule has 0 bridgehead atoms. The van der Waals surface area contributed by atoms with Crippen molar-refractivity contribution < 1.29 is 4.79 Å². The quantitative estimate of drug-likeness (QED) is 0.578. The normalized spacial score (nSPS) is 12.9. The van der Waals surface area contributed by atoms with Gasteiger partial charge >= 0.3 is 0 Å². The van der Waals surface area contributed by atoms with Gasteiger partial charge in [-0.2, -0.15) is 0 Å². The number of amides is 1. The van der Waals surface area contributed by atoms with Gasteiger partial charge in [0.2, 0.25) is 5.91 Å². The molecule has 3 N–H and O–H groups in total. The Balaban J connectivity index is 3.41. The van der Waals surface area contributed by atoms with E-state index in [0.717, 1.165) is 32.6 Å². The molecule has 0 rings (SSSR count). The third-order valence-electron chi connectivity index (χ3n) is 2.26. The standard InChI is InChI=1S/C10H23N3O/c1-4-13(5-2)8-6-7-12-10(14)9(3)11/h9H,4-8,11H2,1-3H3,(H,12,14). The van der Waals surface area contributed by atoms with Gasteiger partial charge in [-0.3, -0.25) is 4.79 Å². The van der Waals surface area contributed by atoms with E-state index in [1.54, 1.807) is 6.92 Å². The van der Waals surface area contributed by atoms with Crippen LogP contribution in [0.1, 0.15) is 27.2 Å². The molecule has 0 fully saturated rings. The van der Waals surface area contributed by atoms with Crippen LogP contribution in [0.2, 0.25) is 0 Å². The Morgan fingerprint density at radius 2 is 2.00 bits per heavy atom.